The number of rotatable bonds is 4. The van der Waals surface area contributed by atoms with Crippen molar-refractivity contribution in [1.82, 2.24) is 0 Å². The topological polar surface area (TPSA) is 41.1 Å². The van der Waals surface area contributed by atoms with Crippen LogP contribution < -0.4 is 10.6 Å². The molecule has 0 spiro atoms. The van der Waals surface area contributed by atoms with Crippen LogP contribution in [-0.4, -0.2) is 12.5 Å². The molecule has 0 fully saturated rings. The van der Waals surface area contributed by atoms with Gasteiger partial charge in [0.2, 0.25) is 5.91 Å². The van der Waals surface area contributed by atoms with Gasteiger partial charge in [-0.2, -0.15) is 0 Å². The van der Waals surface area contributed by atoms with Gasteiger partial charge in [0.05, 0.1) is 6.54 Å². The molecule has 4 heteroatoms. The number of aryl methyl sites for hydroxylation is 3. The highest BCUT2D eigenvalue weighted by atomic mass is 79.9. The third-order valence-corrected chi connectivity index (χ3v) is 3.98. The van der Waals surface area contributed by atoms with Crippen LogP contribution in [0.15, 0.2) is 40.9 Å². The molecule has 0 aromatic heterocycles. The van der Waals surface area contributed by atoms with Gasteiger partial charge in [0.15, 0.2) is 0 Å². The van der Waals surface area contributed by atoms with E-state index in [0.717, 1.165) is 21.4 Å². The Hall–Kier alpha value is -1.81. The number of halogens is 1. The van der Waals surface area contributed by atoms with Crippen molar-refractivity contribution in [3.8, 4) is 0 Å². The van der Waals surface area contributed by atoms with Crippen molar-refractivity contribution < 1.29 is 4.79 Å². The Balaban J connectivity index is 1.94. The summed E-state index contributed by atoms with van der Waals surface area (Å²) in [6.45, 7) is 6.34. The van der Waals surface area contributed by atoms with Crippen molar-refractivity contribution >= 4 is 33.2 Å². The Kier molecular flexibility index (Phi) is 5.02. The average molecular weight is 347 g/mol. The fraction of sp³-hybridized carbons (Fsp3) is 0.235. The van der Waals surface area contributed by atoms with E-state index in [-0.39, 0.29) is 12.5 Å². The van der Waals surface area contributed by atoms with Crippen LogP contribution in [0.25, 0.3) is 0 Å². The summed E-state index contributed by atoms with van der Waals surface area (Å²) in [5.74, 6) is -0.0649. The first-order valence-corrected chi connectivity index (χ1v) is 7.61. The van der Waals surface area contributed by atoms with Crippen molar-refractivity contribution in [3.63, 3.8) is 0 Å². The van der Waals surface area contributed by atoms with Crippen LogP contribution in [0.2, 0.25) is 0 Å². The molecular weight excluding hydrogens is 328 g/mol. The minimum absolute atomic E-state index is 0.0649. The van der Waals surface area contributed by atoms with Gasteiger partial charge in [-0.25, -0.2) is 0 Å². The second-order valence-corrected chi connectivity index (χ2v) is 6.10. The van der Waals surface area contributed by atoms with Crippen molar-refractivity contribution in [1.29, 1.82) is 0 Å². The van der Waals surface area contributed by atoms with E-state index in [1.807, 2.05) is 51.1 Å². The number of benzene rings is 2. The molecule has 2 N–H and O–H groups in total. The lowest BCUT2D eigenvalue weighted by Crippen LogP contribution is -2.21. The molecule has 21 heavy (non-hydrogen) atoms. The minimum atomic E-state index is -0.0649. The predicted molar refractivity (Wildman–Crippen MR) is 91.9 cm³/mol. The minimum Gasteiger partial charge on any atom is -0.376 e. The summed E-state index contributed by atoms with van der Waals surface area (Å²) in [5.41, 5.74) is 5.26. The summed E-state index contributed by atoms with van der Waals surface area (Å²) >= 11 is 3.46. The Morgan fingerprint density at radius 3 is 2.29 bits per heavy atom. The quantitative estimate of drug-likeness (QED) is 0.859. The summed E-state index contributed by atoms with van der Waals surface area (Å²) in [6, 6.07) is 11.9. The van der Waals surface area contributed by atoms with Gasteiger partial charge in [0.25, 0.3) is 0 Å². The lowest BCUT2D eigenvalue weighted by Gasteiger charge is -2.10. The van der Waals surface area contributed by atoms with E-state index >= 15 is 0 Å². The van der Waals surface area contributed by atoms with E-state index in [9.17, 15) is 4.79 Å². The summed E-state index contributed by atoms with van der Waals surface area (Å²) < 4.78 is 0.988. The lowest BCUT2D eigenvalue weighted by molar-refractivity contribution is -0.114. The first-order valence-electron chi connectivity index (χ1n) is 6.82. The molecule has 110 valence electrons. The molecule has 2 aromatic carbocycles. The molecule has 0 aliphatic heterocycles. The van der Waals surface area contributed by atoms with E-state index in [2.05, 4.69) is 32.6 Å². The fourth-order valence-corrected chi connectivity index (χ4v) is 2.51. The van der Waals surface area contributed by atoms with Crippen LogP contribution in [0, 0.1) is 20.8 Å². The van der Waals surface area contributed by atoms with Crippen molar-refractivity contribution in [2.24, 2.45) is 0 Å². The third-order valence-electron chi connectivity index (χ3n) is 3.13. The Bertz CT molecular complexity index is 648. The summed E-state index contributed by atoms with van der Waals surface area (Å²) in [4.78, 5) is 12.0. The molecule has 0 aliphatic rings. The first kappa shape index (κ1) is 15.6. The largest absolute Gasteiger partial charge is 0.376 e. The lowest BCUT2D eigenvalue weighted by atomic mass is 10.1. The molecule has 2 rings (SSSR count). The van der Waals surface area contributed by atoms with Crippen LogP contribution in [0.1, 0.15) is 16.7 Å². The molecule has 0 unspecified atom stereocenters. The highest BCUT2D eigenvalue weighted by Gasteiger charge is 2.04. The molecule has 0 radical (unpaired) electrons. The average Bonchev–Trinajstić information content (AvgIpc) is 2.40. The van der Waals surface area contributed by atoms with E-state index in [4.69, 9.17) is 0 Å². The summed E-state index contributed by atoms with van der Waals surface area (Å²) in [6.07, 6.45) is 0. The van der Waals surface area contributed by atoms with E-state index in [0.29, 0.717) is 0 Å². The van der Waals surface area contributed by atoms with Crippen molar-refractivity contribution in [2.45, 2.75) is 20.8 Å². The van der Waals surface area contributed by atoms with Gasteiger partial charge in [-0.3, -0.25) is 4.79 Å². The zero-order valence-corrected chi connectivity index (χ0v) is 14.0. The van der Waals surface area contributed by atoms with Crippen LogP contribution in [0.3, 0.4) is 0 Å². The Morgan fingerprint density at radius 1 is 1.00 bits per heavy atom. The summed E-state index contributed by atoms with van der Waals surface area (Å²) in [5, 5.41) is 6.03. The predicted octanol–water partition coefficient (Wildman–Crippen LogP) is 4.42. The third kappa shape index (κ3) is 4.60. The number of carbonyl (C=O) groups excluding carboxylic acids is 1. The SMILES string of the molecule is Cc1cc(C)cc(NCC(=O)Nc2ccc(C)c(Br)c2)c1. The first-order chi connectivity index (χ1) is 9.94. The number of amides is 1. The van der Waals surface area contributed by atoms with Gasteiger partial charge in [-0.1, -0.05) is 28.1 Å². The zero-order chi connectivity index (χ0) is 15.4. The van der Waals surface area contributed by atoms with Gasteiger partial charge in [-0.05, 0) is 61.7 Å². The van der Waals surface area contributed by atoms with Gasteiger partial charge < -0.3 is 10.6 Å². The molecule has 0 aliphatic carbocycles. The van der Waals surface area contributed by atoms with Crippen LogP contribution in [0.5, 0.6) is 0 Å². The van der Waals surface area contributed by atoms with Crippen LogP contribution in [0.4, 0.5) is 11.4 Å². The monoisotopic (exact) mass is 346 g/mol. The fourth-order valence-electron chi connectivity index (χ4n) is 2.13. The highest BCUT2D eigenvalue weighted by molar-refractivity contribution is 9.10. The highest BCUT2D eigenvalue weighted by Crippen LogP contribution is 2.20. The maximum absolute atomic E-state index is 12.0. The maximum Gasteiger partial charge on any atom is 0.243 e. The van der Waals surface area contributed by atoms with Crippen LogP contribution >= 0.6 is 15.9 Å². The van der Waals surface area contributed by atoms with Gasteiger partial charge in [0, 0.05) is 15.8 Å². The van der Waals surface area contributed by atoms with E-state index in [1.54, 1.807) is 0 Å². The Labute approximate surface area is 133 Å². The summed E-state index contributed by atoms with van der Waals surface area (Å²) in [7, 11) is 0. The number of anilines is 2. The molecule has 1 amide bonds. The van der Waals surface area contributed by atoms with Gasteiger partial charge in [-0.15, -0.1) is 0 Å². The number of hydrogen-bond donors (Lipinski definition) is 2. The number of carbonyl (C=O) groups is 1. The van der Waals surface area contributed by atoms with Crippen molar-refractivity contribution in [2.75, 3.05) is 17.2 Å². The normalized spacial score (nSPS) is 10.3. The smallest absolute Gasteiger partial charge is 0.243 e. The van der Waals surface area contributed by atoms with Gasteiger partial charge >= 0.3 is 0 Å². The second-order valence-electron chi connectivity index (χ2n) is 5.24. The molecular formula is C17H19BrN2O. The second kappa shape index (κ2) is 6.76. The number of hydrogen-bond acceptors (Lipinski definition) is 2. The van der Waals surface area contributed by atoms with E-state index < -0.39 is 0 Å². The molecule has 0 heterocycles. The van der Waals surface area contributed by atoms with E-state index in [1.165, 1.54) is 11.1 Å². The Morgan fingerprint density at radius 2 is 1.67 bits per heavy atom. The van der Waals surface area contributed by atoms with Crippen molar-refractivity contribution in [3.05, 3.63) is 57.6 Å². The molecule has 2 aromatic rings. The molecule has 0 bridgehead atoms. The molecule has 0 saturated carbocycles. The zero-order valence-electron chi connectivity index (χ0n) is 12.5. The number of nitrogens with one attached hydrogen (secondary N) is 2. The molecule has 0 saturated heterocycles. The van der Waals surface area contributed by atoms with Gasteiger partial charge in [0.1, 0.15) is 0 Å². The maximum atomic E-state index is 12.0. The van der Waals surface area contributed by atoms with Crippen LogP contribution in [-0.2, 0) is 4.79 Å². The molecule has 3 nitrogen and oxygen atoms in total. The molecule has 0 atom stereocenters. The standard InChI is InChI=1S/C17H19BrN2O/c1-11-6-12(2)8-15(7-11)19-10-17(21)20-14-5-4-13(3)16(18)9-14/h4-9,19H,10H2,1-3H3,(H,20,21).